The summed E-state index contributed by atoms with van der Waals surface area (Å²) in [6.45, 7) is 8.13. The number of aromatic nitrogens is 4. The lowest BCUT2D eigenvalue weighted by atomic mass is 10.1. The minimum absolute atomic E-state index is 0.0433. The summed E-state index contributed by atoms with van der Waals surface area (Å²) >= 11 is 0. The van der Waals surface area contributed by atoms with Gasteiger partial charge in [0.15, 0.2) is 0 Å². The van der Waals surface area contributed by atoms with Gasteiger partial charge in [-0.3, -0.25) is 4.68 Å². The fraction of sp³-hybridized carbons (Fsp3) is 0.500. The maximum absolute atomic E-state index is 12.9. The van der Waals surface area contributed by atoms with Gasteiger partial charge in [-0.25, -0.2) is 4.98 Å². The molecule has 1 saturated carbocycles. The number of halogens is 3. The van der Waals surface area contributed by atoms with Gasteiger partial charge in [0.1, 0.15) is 11.4 Å². The minimum Gasteiger partial charge on any atom is -0.372 e. The van der Waals surface area contributed by atoms with Crippen LogP contribution < -0.4 is 10.6 Å². The van der Waals surface area contributed by atoms with E-state index in [2.05, 4.69) is 44.3 Å². The molecule has 0 bridgehead atoms. The molecule has 140 valence electrons. The third kappa shape index (κ3) is 3.35. The van der Waals surface area contributed by atoms with Crippen LogP contribution in [-0.2, 0) is 6.18 Å². The summed E-state index contributed by atoms with van der Waals surface area (Å²) in [7, 11) is 1.38. The second-order valence-corrected chi connectivity index (χ2v) is 6.69. The SMILES string of the molecule is C=NC[C@]1(C)C[C@@H]1n1cc(Nc2ncc(C(F)(F)F)c(NC)n2)c(C)n1. The summed E-state index contributed by atoms with van der Waals surface area (Å²) in [6, 6.07) is 0.226. The summed E-state index contributed by atoms with van der Waals surface area (Å²) in [6.07, 6.45) is -0.996. The topological polar surface area (TPSA) is 80.0 Å². The van der Waals surface area contributed by atoms with E-state index in [0.29, 0.717) is 17.9 Å². The largest absolute Gasteiger partial charge is 0.421 e. The van der Waals surface area contributed by atoms with Crippen molar-refractivity contribution in [2.45, 2.75) is 32.5 Å². The fourth-order valence-corrected chi connectivity index (χ4v) is 2.95. The molecule has 0 spiro atoms. The molecule has 1 fully saturated rings. The van der Waals surface area contributed by atoms with Crippen LogP contribution in [0.5, 0.6) is 0 Å². The van der Waals surface area contributed by atoms with Crippen LogP contribution in [0.4, 0.5) is 30.6 Å². The smallest absolute Gasteiger partial charge is 0.372 e. The molecule has 10 heteroatoms. The molecule has 0 aliphatic heterocycles. The Morgan fingerprint density at radius 1 is 1.46 bits per heavy atom. The Bertz CT molecular complexity index is 830. The standard InChI is InChI=1S/C16H20F3N7/c1-9-11(7-26(25-9)12-5-15(12,2)8-20-3)23-14-22-6-10(16(17,18)19)13(21-4)24-14/h6-7,12H,3,5,8H2,1-2,4H3,(H2,21,22,23,24)/t12-,15-/m0/s1. The zero-order chi connectivity index (χ0) is 19.1. The zero-order valence-electron chi connectivity index (χ0n) is 14.7. The highest BCUT2D eigenvalue weighted by Gasteiger charge is 2.51. The van der Waals surface area contributed by atoms with E-state index in [4.69, 9.17) is 0 Å². The van der Waals surface area contributed by atoms with Crippen molar-refractivity contribution in [1.29, 1.82) is 0 Å². The summed E-state index contributed by atoms with van der Waals surface area (Å²) in [4.78, 5) is 11.6. The number of anilines is 3. The third-order valence-corrected chi connectivity index (χ3v) is 4.59. The molecular formula is C16H20F3N7. The molecule has 1 aliphatic rings. The van der Waals surface area contributed by atoms with E-state index in [9.17, 15) is 13.2 Å². The predicted octanol–water partition coefficient (Wildman–Crippen LogP) is 3.44. The molecule has 0 amide bonds. The number of rotatable bonds is 6. The van der Waals surface area contributed by atoms with Crippen LogP contribution in [0.3, 0.4) is 0 Å². The molecule has 0 aromatic carbocycles. The normalized spacial score (nSPS) is 22.2. The molecule has 2 N–H and O–H groups in total. The van der Waals surface area contributed by atoms with E-state index in [-0.39, 0.29) is 23.2 Å². The van der Waals surface area contributed by atoms with Crippen LogP contribution in [-0.4, -0.2) is 40.1 Å². The second kappa shape index (κ2) is 6.26. The molecule has 7 nitrogen and oxygen atoms in total. The molecule has 2 atom stereocenters. The number of hydrogen-bond acceptors (Lipinski definition) is 6. The lowest BCUT2D eigenvalue weighted by Gasteiger charge is -2.12. The van der Waals surface area contributed by atoms with Gasteiger partial charge in [-0.2, -0.15) is 23.3 Å². The zero-order valence-corrected chi connectivity index (χ0v) is 14.7. The first-order valence-corrected chi connectivity index (χ1v) is 8.05. The molecule has 2 aromatic rings. The molecule has 1 aliphatic carbocycles. The Kier molecular flexibility index (Phi) is 4.37. The van der Waals surface area contributed by atoms with Gasteiger partial charge in [-0.15, -0.1) is 0 Å². The molecule has 2 aromatic heterocycles. The van der Waals surface area contributed by atoms with Crippen LogP contribution in [0.1, 0.15) is 30.6 Å². The van der Waals surface area contributed by atoms with Crippen molar-refractivity contribution in [1.82, 2.24) is 19.7 Å². The van der Waals surface area contributed by atoms with Gasteiger partial charge in [0.25, 0.3) is 0 Å². The molecular weight excluding hydrogens is 347 g/mol. The van der Waals surface area contributed by atoms with Gasteiger partial charge < -0.3 is 15.6 Å². The first kappa shape index (κ1) is 18.2. The van der Waals surface area contributed by atoms with Gasteiger partial charge in [-0.1, -0.05) is 6.92 Å². The van der Waals surface area contributed by atoms with Crippen LogP contribution >= 0.6 is 0 Å². The second-order valence-electron chi connectivity index (χ2n) is 6.69. The van der Waals surface area contributed by atoms with Crippen LogP contribution in [0.15, 0.2) is 17.4 Å². The Morgan fingerprint density at radius 3 is 2.81 bits per heavy atom. The first-order chi connectivity index (χ1) is 12.2. The molecule has 0 radical (unpaired) electrons. The number of alkyl halides is 3. The Hall–Kier alpha value is -2.65. The fourth-order valence-electron chi connectivity index (χ4n) is 2.95. The number of aryl methyl sites for hydroxylation is 1. The minimum atomic E-state index is -4.52. The monoisotopic (exact) mass is 367 g/mol. The summed E-state index contributed by atoms with van der Waals surface area (Å²) in [5, 5.41) is 9.88. The van der Waals surface area contributed by atoms with Crippen LogP contribution in [0.25, 0.3) is 0 Å². The van der Waals surface area contributed by atoms with Gasteiger partial charge in [-0.05, 0) is 20.1 Å². The summed E-state index contributed by atoms with van der Waals surface area (Å²) in [5.41, 5.74) is 0.485. The number of nitrogens with one attached hydrogen (secondary N) is 2. The Morgan fingerprint density at radius 2 is 2.19 bits per heavy atom. The van der Waals surface area contributed by atoms with Gasteiger partial charge in [0.2, 0.25) is 5.95 Å². The molecule has 2 heterocycles. The number of nitrogens with zero attached hydrogens (tertiary/aromatic N) is 5. The Balaban J connectivity index is 1.81. The lowest BCUT2D eigenvalue weighted by Crippen LogP contribution is -2.12. The quantitative estimate of drug-likeness (QED) is 0.765. The van der Waals surface area contributed by atoms with E-state index in [1.807, 2.05) is 17.8 Å². The van der Waals surface area contributed by atoms with Crippen molar-refractivity contribution in [2.24, 2.45) is 10.4 Å². The third-order valence-electron chi connectivity index (χ3n) is 4.59. The van der Waals surface area contributed by atoms with Crippen LogP contribution in [0.2, 0.25) is 0 Å². The van der Waals surface area contributed by atoms with Crippen molar-refractivity contribution < 1.29 is 13.2 Å². The van der Waals surface area contributed by atoms with Gasteiger partial charge in [0.05, 0.1) is 17.4 Å². The van der Waals surface area contributed by atoms with E-state index in [0.717, 1.165) is 12.6 Å². The average molecular weight is 367 g/mol. The van der Waals surface area contributed by atoms with Gasteiger partial charge >= 0.3 is 6.18 Å². The summed E-state index contributed by atoms with van der Waals surface area (Å²) < 4.78 is 40.6. The number of hydrogen-bond donors (Lipinski definition) is 2. The van der Waals surface area contributed by atoms with Crippen molar-refractivity contribution in [3.63, 3.8) is 0 Å². The highest BCUT2D eigenvalue weighted by molar-refractivity contribution is 5.58. The predicted molar refractivity (Wildman–Crippen MR) is 93.0 cm³/mol. The first-order valence-electron chi connectivity index (χ1n) is 8.05. The lowest BCUT2D eigenvalue weighted by molar-refractivity contribution is -0.137. The number of aliphatic imine (C=N–C) groups is 1. The van der Waals surface area contributed by atoms with Crippen molar-refractivity contribution >= 4 is 24.2 Å². The summed E-state index contributed by atoms with van der Waals surface area (Å²) in [5.74, 6) is -0.219. The van der Waals surface area contributed by atoms with Crippen molar-refractivity contribution in [3.05, 3.63) is 23.7 Å². The highest BCUT2D eigenvalue weighted by Crippen LogP contribution is 2.56. The van der Waals surface area contributed by atoms with Crippen LogP contribution in [0, 0.1) is 12.3 Å². The molecule has 0 unspecified atom stereocenters. The molecule has 0 saturated heterocycles. The molecule has 3 rings (SSSR count). The van der Waals surface area contributed by atoms with E-state index in [1.165, 1.54) is 7.05 Å². The van der Waals surface area contributed by atoms with E-state index >= 15 is 0 Å². The van der Waals surface area contributed by atoms with Crippen molar-refractivity contribution in [3.8, 4) is 0 Å². The van der Waals surface area contributed by atoms with Crippen molar-refractivity contribution in [2.75, 3.05) is 24.2 Å². The van der Waals surface area contributed by atoms with Gasteiger partial charge in [0, 0.05) is 31.4 Å². The molecule has 26 heavy (non-hydrogen) atoms. The average Bonchev–Trinajstić information content (AvgIpc) is 3.10. The maximum Gasteiger partial charge on any atom is 0.421 e. The maximum atomic E-state index is 12.9. The van der Waals surface area contributed by atoms with E-state index in [1.54, 1.807) is 0 Å². The van der Waals surface area contributed by atoms with E-state index < -0.39 is 11.7 Å². The Labute approximate surface area is 148 Å². The highest BCUT2D eigenvalue weighted by atomic mass is 19.4.